The largest absolute Gasteiger partial charge is 0.389 e. The number of likely N-dealkylation sites (tertiary alicyclic amines) is 1. The third kappa shape index (κ3) is 3.56. The molecular formula is C16H19FN4O2. The number of carbonyl (C=O) groups is 1. The van der Waals surface area contributed by atoms with Crippen LogP contribution in [0.4, 0.5) is 4.39 Å². The van der Waals surface area contributed by atoms with Gasteiger partial charge in [0.15, 0.2) is 0 Å². The van der Waals surface area contributed by atoms with E-state index in [0.717, 1.165) is 5.56 Å². The summed E-state index contributed by atoms with van der Waals surface area (Å²) >= 11 is 0. The summed E-state index contributed by atoms with van der Waals surface area (Å²) in [6.45, 7) is 0.867. The summed E-state index contributed by atoms with van der Waals surface area (Å²) in [7, 11) is 1.71. The molecule has 0 radical (unpaired) electrons. The summed E-state index contributed by atoms with van der Waals surface area (Å²) in [6.07, 6.45) is 2.76. The molecule has 1 N–H and O–H groups in total. The van der Waals surface area contributed by atoms with Crippen LogP contribution in [0.15, 0.2) is 30.6 Å². The van der Waals surface area contributed by atoms with E-state index < -0.39 is 5.60 Å². The van der Waals surface area contributed by atoms with Crippen LogP contribution >= 0.6 is 0 Å². The summed E-state index contributed by atoms with van der Waals surface area (Å²) < 4.78 is 14.7. The normalized spacial score (nSPS) is 17.3. The van der Waals surface area contributed by atoms with Crippen molar-refractivity contribution in [3.63, 3.8) is 0 Å². The van der Waals surface area contributed by atoms with Crippen LogP contribution < -0.4 is 0 Å². The fourth-order valence-corrected chi connectivity index (χ4v) is 2.91. The SMILES string of the molecule is Cn1cnc(C(=O)N2CCC(O)(Cc3cccc(F)c3)CC2)n1. The minimum atomic E-state index is -0.915. The lowest BCUT2D eigenvalue weighted by Crippen LogP contribution is -2.48. The van der Waals surface area contributed by atoms with Gasteiger partial charge in [-0.15, -0.1) is 5.10 Å². The van der Waals surface area contributed by atoms with Gasteiger partial charge in [-0.3, -0.25) is 9.48 Å². The van der Waals surface area contributed by atoms with Crippen molar-refractivity contribution in [1.82, 2.24) is 19.7 Å². The third-order valence-corrected chi connectivity index (χ3v) is 4.19. The van der Waals surface area contributed by atoms with Crippen LogP contribution in [0.25, 0.3) is 0 Å². The molecule has 1 fully saturated rings. The predicted molar refractivity (Wildman–Crippen MR) is 81.2 cm³/mol. The van der Waals surface area contributed by atoms with E-state index in [1.165, 1.54) is 23.1 Å². The first kappa shape index (κ1) is 15.6. The zero-order chi connectivity index (χ0) is 16.4. The smallest absolute Gasteiger partial charge is 0.293 e. The van der Waals surface area contributed by atoms with Gasteiger partial charge >= 0.3 is 0 Å². The highest BCUT2D eigenvalue weighted by atomic mass is 19.1. The number of hydrogen-bond acceptors (Lipinski definition) is 4. The molecule has 0 atom stereocenters. The third-order valence-electron chi connectivity index (χ3n) is 4.19. The average Bonchev–Trinajstić information content (AvgIpc) is 2.93. The van der Waals surface area contributed by atoms with Gasteiger partial charge in [0.1, 0.15) is 12.1 Å². The Kier molecular flexibility index (Phi) is 4.12. The second-order valence-corrected chi connectivity index (χ2v) is 6.07. The van der Waals surface area contributed by atoms with E-state index in [4.69, 9.17) is 0 Å². The number of amides is 1. The molecule has 3 rings (SSSR count). The Hall–Kier alpha value is -2.28. The van der Waals surface area contributed by atoms with Gasteiger partial charge in [-0.05, 0) is 30.5 Å². The van der Waals surface area contributed by atoms with E-state index in [1.807, 2.05) is 0 Å². The van der Waals surface area contributed by atoms with Crippen LogP contribution in [0.3, 0.4) is 0 Å². The Morgan fingerprint density at radius 2 is 2.13 bits per heavy atom. The molecule has 1 amide bonds. The van der Waals surface area contributed by atoms with Crippen LogP contribution in [0.1, 0.15) is 29.0 Å². The van der Waals surface area contributed by atoms with Crippen molar-refractivity contribution in [1.29, 1.82) is 0 Å². The van der Waals surface area contributed by atoms with Crippen molar-refractivity contribution < 1.29 is 14.3 Å². The second-order valence-electron chi connectivity index (χ2n) is 6.07. The lowest BCUT2D eigenvalue weighted by atomic mass is 9.85. The van der Waals surface area contributed by atoms with Crippen LogP contribution in [0.5, 0.6) is 0 Å². The van der Waals surface area contributed by atoms with Gasteiger partial charge < -0.3 is 10.0 Å². The standard InChI is InChI=1S/C16H19FN4O2/c1-20-11-18-14(19-20)15(22)21-7-5-16(23,6-8-21)10-12-3-2-4-13(17)9-12/h2-4,9,11,23H,5-8,10H2,1H3. The van der Waals surface area contributed by atoms with E-state index in [0.29, 0.717) is 32.4 Å². The van der Waals surface area contributed by atoms with Crippen molar-refractivity contribution in [2.24, 2.45) is 7.05 Å². The van der Waals surface area contributed by atoms with Gasteiger partial charge in [-0.1, -0.05) is 12.1 Å². The molecule has 6 nitrogen and oxygen atoms in total. The average molecular weight is 318 g/mol. The number of piperidine rings is 1. The number of rotatable bonds is 3. The van der Waals surface area contributed by atoms with Gasteiger partial charge in [0.05, 0.1) is 5.60 Å². The second kappa shape index (κ2) is 6.08. The zero-order valence-corrected chi connectivity index (χ0v) is 12.9. The van der Waals surface area contributed by atoms with E-state index in [2.05, 4.69) is 10.1 Å². The van der Waals surface area contributed by atoms with Crippen LogP contribution in [-0.2, 0) is 13.5 Å². The number of aliphatic hydroxyl groups is 1. The number of benzene rings is 1. The summed E-state index contributed by atoms with van der Waals surface area (Å²) in [4.78, 5) is 17.9. The molecule has 1 aromatic carbocycles. The van der Waals surface area contributed by atoms with Crippen molar-refractivity contribution in [3.05, 3.63) is 47.8 Å². The Morgan fingerprint density at radius 1 is 1.39 bits per heavy atom. The monoisotopic (exact) mass is 318 g/mol. The minimum Gasteiger partial charge on any atom is -0.389 e. The molecule has 0 saturated carbocycles. The van der Waals surface area contributed by atoms with Crippen molar-refractivity contribution in [3.8, 4) is 0 Å². The first-order chi connectivity index (χ1) is 11.0. The molecular weight excluding hydrogens is 299 g/mol. The van der Waals surface area contributed by atoms with Gasteiger partial charge in [-0.2, -0.15) is 0 Å². The lowest BCUT2D eigenvalue weighted by molar-refractivity contribution is -0.0165. The number of aryl methyl sites for hydroxylation is 1. The van der Waals surface area contributed by atoms with Gasteiger partial charge in [0.2, 0.25) is 5.82 Å². The maximum Gasteiger partial charge on any atom is 0.293 e. The Morgan fingerprint density at radius 3 is 2.74 bits per heavy atom. The molecule has 1 saturated heterocycles. The molecule has 1 aliphatic heterocycles. The predicted octanol–water partition coefficient (Wildman–Crippen LogP) is 1.16. The highest BCUT2D eigenvalue weighted by Gasteiger charge is 2.35. The van der Waals surface area contributed by atoms with Crippen molar-refractivity contribution in [2.75, 3.05) is 13.1 Å². The Balaban J connectivity index is 1.62. The quantitative estimate of drug-likeness (QED) is 0.922. The molecule has 122 valence electrons. The topological polar surface area (TPSA) is 71.2 Å². The van der Waals surface area contributed by atoms with Gasteiger partial charge in [0.25, 0.3) is 5.91 Å². The van der Waals surface area contributed by atoms with E-state index in [-0.39, 0.29) is 17.5 Å². The Labute approximate surface area is 133 Å². The number of halogens is 1. The summed E-state index contributed by atoms with van der Waals surface area (Å²) in [5.74, 6) is -0.360. The molecule has 23 heavy (non-hydrogen) atoms. The maximum absolute atomic E-state index is 13.3. The van der Waals surface area contributed by atoms with E-state index >= 15 is 0 Å². The summed E-state index contributed by atoms with van der Waals surface area (Å²) in [5, 5.41) is 14.7. The van der Waals surface area contributed by atoms with Gasteiger partial charge in [-0.25, -0.2) is 9.37 Å². The van der Waals surface area contributed by atoms with Crippen LogP contribution in [0, 0.1) is 5.82 Å². The van der Waals surface area contributed by atoms with Crippen molar-refractivity contribution in [2.45, 2.75) is 24.9 Å². The van der Waals surface area contributed by atoms with Gasteiger partial charge in [0, 0.05) is 26.6 Å². The summed E-state index contributed by atoms with van der Waals surface area (Å²) in [5.41, 5.74) is -0.152. The molecule has 0 bridgehead atoms. The van der Waals surface area contributed by atoms with E-state index in [1.54, 1.807) is 24.1 Å². The molecule has 1 aliphatic rings. The fourth-order valence-electron chi connectivity index (χ4n) is 2.91. The molecule has 0 unspecified atom stereocenters. The Bertz CT molecular complexity index is 708. The molecule has 2 aromatic rings. The molecule has 1 aromatic heterocycles. The first-order valence-corrected chi connectivity index (χ1v) is 7.57. The molecule has 7 heteroatoms. The van der Waals surface area contributed by atoms with Crippen LogP contribution in [0.2, 0.25) is 0 Å². The highest BCUT2D eigenvalue weighted by Crippen LogP contribution is 2.27. The minimum absolute atomic E-state index is 0.170. The maximum atomic E-state index is 13.3. The molecule has 0 aliphatic carbocycles. The van der Waals surface area contributed by atoms with Crippen molar-refractivity contribution >= 4 is 5.91 Å². The molecule has 2 heterocycles. The highest BCUT2D eigenvalue weighted by molar-refractivity contribution is 5.90. The number of carbonyl (C=O) groups excluding carboxylic acids is 1. The number of nitrogens with zero attached hydrogens (tertiary/aromatic N) is 4. The van der Waals surface area contributed by atoms with Crippen LogP contribution in [-0.4, -0.2) is 49.4 Å². The molecule has 0 spiro atoms. The zero-order valence-electron chi connectivity index (χ0n) is 12.9. The first-order valence-electron chi connectivity index (χ1n) is 7.57. The lowest BCUT2D eigenvalue weighted by Gasteiger charge is -2.38. The summed E-state index contributed by atoms with van der Waals surface area (Å²) in [6, 6.07) is 6.26. The van der Waals surface area contributed by atoms with E-state index in [9.17, 15) is 14.3 Å². The number of hydrogen-bond donors (Lipinski definition) is 1. The fraction of sp³-hybridized carbons (Fsp3) is 0.438. The number of aromatic nitrogens is 3.